The highest BCUT2D eigenvalue weighted by Crippen LogP contribution is 2.29. The quantitative estimate of drug-likeness (QED) is 0.704. The number of hydrogen-bond acceptors (Lipinski definition) is 3. The van der Waals surface area contributed by atoms with E-state index in [4.69, 9.17) is 0 Å². The number of carbonyl (C=O) groups excluding carboxylic acids is 2. The van der Waals surface area contributed by atoms with Crippen molar-refractivity contribution in [2.75, 3.05) is 6.54 Å². The highest BCUT2D eigenvalue weighted by atomic mass is 16.2. The summed E-state index contributed by atoms with van der Waals surface area (Å²) < 4.78 is 0. The summed E-state index contributed by atoms with van der Waals surface area (Å²) in [6.45, 7) is 8.63. The number of allylic oxidation sites excluding steroid dienone is 1. The van der Waals surface area contributed by atoms with Crippen LogP contribution in [0.3, 0.4) is 0 Å². The molecule has 1 fully saturated rings. The highest BCUT2D eigenvalue weighted by molar-refractivity contribution is 6.01. The van der Waals surface area contributed by atoms with Gasteiger partial charge in [-0.3, -0.25) is 9.59 Å². The van der Waals surface area contributed by atoms with E-state index in [1.807, 2.05) is 31.9 Å². The summed E-state index contributed by atoms with van der Waals surface area (Å²) in [5.74, 6) is -0.334. The zero-order chi connectivity index (χ0) is 13.1. The number of hydrogen-bond donors (Lipinski definition) is 0. The SMILES string of the molecule is CCC/C=C/C(=O)N1C(=O)CC(C)(C)N1CC. The van der Waals surface area contributed by atoms with Crippen molar-refractivity contribution in [3.05, 3.63) is 12.2 Å². The largest absolute Gasteiger partial charge is 0.273 e. The van der Waals surface area contributed by atoms with Crippen LogP contribution < -0.4 is 0 Å². The van der Waals surface area contributed by atoms with Crippen molar-refractivity contribution in [1.29, 1.82) is 0 Å². The fourth-order valence-corrected chi connectivity index (χ4v) is 2.17. The molecule has 4 heteroatoms. The number of imide groups is 1. The van der Waals surface area contributed by atoms with Crippen LogP contribution in [-0.2, 0) is 9.59 Å². The second-order valence-electron chi connectivity index (χ2n) is 4.94. The van der Waals surface area contributed by atoms with E-state index in [2.05, 4.69) is 6.92 Å². The molecule has 0 unspecified atom stereocenters. The second-order valence-corrected chi connectivity index (χ2v) is 4.94. The lowest BCUT2D eigenvalue weighted by molar-refractivity contribution is -0.155. The van der Waals surface area contributed by atoms with Gasteiger partial charge in [0.25, 0.3) is 5.91 Å². The molecule has 0 atom stereocenters. The van der Waals surface area contributed by atoms with E-state index in [1.165, 1.54) is 11.1 Å². The lowest BCUT2D eigenvalue weighted by atomic mass is 10.0. The molecule has 1 saturated heterocycles. The molecule has 1 aliphatic heterocycles. The third-order valence-electron chi connectivity index (χ3n) is 2.98. The van der Waals surface area contributed by atoms with E-state index in [1.54, 1.807) is 0 Å². The molecule has 1 heterocycles. The molecule has 1 aliphatic rings. The van der Waals surface area contributed by atoms with Gasteiger partial charge in [0.1, 0.15) is 0 Å². The van der Waals surface area contributed by atoms with Gasteiger partial charge in [0.15, 0.2) is 0 Å². The van der Waals surface area contributed by atoms with Crippen molar-refractivity contribution >= 4 is 11.8 Å². The Bertz CT molecular complexity index is 334. The molecular weight excluding hydrogens is 216 g/mol. The van der Waals surface area contributed by atoms with Crippen LogP contribution in [0.25, 0.3) is 0 Å². The van der Waals surface area contributed by atoms with E-state index in [-0.39, 0.29) is 17.4 Å². The summed E-state index contributed by atoms with van der Waals surface area (Å²) in [6.07, 6.45) is 5.60. The lowest BCUT2D eigenvalue weighted by Crippen LogP contribution is -2.49. The first-order chi connectivity index (χ1) is 7.94. The van der Waals surface area contributed by atoms with Crippen LogP contribution in [0.15, 0.2) is 12.2 Å². The number of hydrazine groups is 1. The third kappa shape index (κ3) is 2.94. The number of amides is 2. The Labute approximate surface area is 103 Å². The van der Waals surface area contributed by atoms with Crippen molar-refractivity contribution in [2.45, 2.75) is 52.5 Å². The Hall–Kier alpha value is -1.16. The van der Waals surface area contributed by atoms with Crippen LogP contribution in [0.2, 0.25) is 0 Å². The van der Waals surface area contributed by atoms with Crippen molar-refractivity contribution < 1.29 is 9.59 Å². The van der Waals surface area contributed by atoms with Crippen molar-refractivity contribution in [3.8, 4) is 0 Å². The van der Waals surface area contributed by atoms with Crippen molar-refractivity contribution in [3.63, 3.8) is 0 Å². The van der Waals surface area contributed by atoms with Gasteiger partial charge < -0.3 is 0 Å². The minimum atomic E-state index is -0.264. The van der Waals surface area contributed by atoms with E-state index >= 15 is 0 Å². The van der Waals surface area contributed by atoms with E-state index in [0.29, 0.717) is 13.0 Å². The van der Waals surface area contributed by atoms with Gasteiger partial charge in [-0.2, -0.15) is 0 Å². The van der Waals surface area contributed by atoms with Gasteiger partial charge in [-0.05, 0) is 20.3 Å². The van der Waals surface area contributed by atoms with Gasteiger partial charge >= 0.3 is 0 Å². The normalized spacial score (nSPS) is 20.5. The van der Waals surface area contributed by atoms with E-state index in [9.17, 15) is 9.59 Å². The molecule has 17 heavy (non-hydrogen) atoms. The molecule has 0 saturated carbocycles. The first-order valence-corrected chi connectivity index (χ1v) is 6.25. The summed E-state index contributed by atoms with van der Waals surface area (Å²) in [6, 6.07) is 0. The average Bonchev–Trinajstić information content (AvgIpc) is 2.47. The maximum Gasteiger partial charge on any atom is 0.267 e. The molecule has 0 spiro atoms. The Kier molecular flexibility index (Phi) is 4.46. The van der Waals surface area contributed by atoms with Gasteiger partial charge in [0.2, 0.25) is 5.91 Å². The standard InChI is InChI=1S/C13H22N2O2/c1-5-7-8-9-11(16)15-12(17)10-13(3,4)14(15)6-2/h8-9H,5-7,10H2,1-4H3/b9-8+. The summed E-state index contributed by atoms with van der Waals surface area (Å²) >= 11 is 0. The number of rotatable bonds is 4. The first kappa shape index (κ1) is 13.9. The fraction of sp³-hybridized carbons (Fsp3) is 0.692. The molecule has 4 nitrogen and oxygen atoms in total. The zero-order valence-electron chi connectivity index (χ0n) is 11.2. The summed E-state index contributed by atoms with van der Waals surface area (Å²) in [7, 11) is 0. The molecule has 0 N–H and O–H groups in total. The molecule has 0 aromatic rings. The second kappa shape index (κ2) is 5.45. The van der Waals surface area contributed by atoms with Crippen LogP contribution in [0.5, 0.6) is 0 Å². The smallest absolute Gasteiger partial charge is 0.267 e. The molecule has 0 bridgehead atoms. The van der Waals surface area contributed by atoms with E-state index in [0.717, 1.165) is 12.8 Å². The van der Waals surface area contributed by atoms with Gasteiger partial charge in [-0.1, -0.05) is 26.3 Å². The van der Waals surface area contributed by atoms with Gasteiger partial charge in [-0.25, -0.2) is 10.0 Å². The predicted octanol–water partition coefficient (Wildman–Crippen LogP) is 2.12. The van der Waals surface area contributed by atoms with Crippen LogP contribution in [-0.4, -0.2) is 33.9 Å². The third-order valence-corrected chi connectivity index (χ3v) is 2.98. The number of unbranched alkanes of at least 4 members (excludes halogenated alkanes) is 1. The molecule has 2 amide bonds. The number of carbonyl (C=O) groups is 2. The minimum absolute atomic E-state index is 0.108. The lowest BCUT2D eigenvalue weighted by Gasteiger charge is -2.33. The Morgan fingerprint density at radius 1 is 1.41 bits per heavy atom. The van der Waals surface area contributed by atoms with Crippen molar-refractivity contribution in [2.24, 2.45) is 0 Å². The monoisotopic (exact) mass is 238 g/mol. The Balaban J connectivity index is 2.81. The average molecular weight is 238 g/mol. The van der Waals surface area contributed by atoms with Gasteiger partial charge in [-0.15, -0.1) is 0 Å². The van der Waals surface area contributed by atoms with Crippen molar-refractivity contribution in [1.82, 2.24) is 10.0 Å². The maximum absolute atomic E-state index is 12.0. The fourth-order valence-electron chi connectivity index (χ4n) is 2.17. The van der Waals surface area contributed by atoms with Crippen LogP contribution >= 0.6 is 0 Å². The molecule has 0 radical (unpaired) electrons. The van der Waals surface area contributed by atoms with E-state index < -0.39 is 0 Å². The van der Waals surface area contributed by atoms with Gasteiger partial charge in [0.05, 0.1) is 0 Å². The number of nitrogens with zero attached hydrogens (tertiary/aromatic N) is 2. The van der Waals surface area contributed by atoms with Gasteiger partial charge in [0, 0.05) is 24.6 Å². The van der Waals surface area contributed by atoms with Crippen LogP contribution in [0.4, 0.5) is 0 Å². The minimum Gasteiger partial charge on any atom is -0.273 e. The maximum atomic E-state index is 12.0. The molecule has 96 valence electrons. The topological polar surface area (TPSA) is 40.6 Å². The first-order valence-electron chi connectivity index (χ1n) is 6.25. The summed E-state index contributed by atoms with van der Waals surface area (Å²) in [5, 5.41) is 3.13. The summed E-state index contributed by atoms with van der Waals surface area (Å²) in [4.78, 5) is 23.8. The van der Waals surface area contributed by atoms with Crippen LogP contribution in [0, 0.1) is 0 Å². The molecule has 0 aliphatic carbocycles. The Morgan fingerprint density at radius 2 is 2.06 bits per heavy atom. The molecule has 0 aromatic heterocycles. The Morgan fingerprint density at radius 3 is 2.59 bits per heavy atom. The molecule has 1 rings (SSSR count). The zero-order valence-corrected chi connectivity index (χ0v) is 11.2. The predicted molar refractivity (Wildman–Crippen MR) is 67.0 cm³/mol. The van der Waals surface area contributed by atoms with Crippen LogP contribution in [0.1, 0.15) is 47.0 Å². The summed E-state index contributed by atoms with van der Waals surface area (Å²) in [5.41, 5.74) is -0.264. The molecule has 0 aromatic carbocycles. The molecular formula is C13H22N2O2. The highest BCUT2D eigenvalue weighted by Gasteiger charge is 2.44.